The van der Waals surface area contributed by atoms with Gasteiger partial charge < -0.3 is 10.2 Å². The van der Waals surface area contributed by atoms with E-state index in [4.69, 9.17) is 11.6 Å². The fraction of sp³-hybridized carbons (Fsp3) is 0.438. The number of halogens is 1. The third-order valence-corrected chi connectivity index (χ3v) is 5.36. The summed E-state index contributed by atoms with van der Waals surface area (Å²) < 4.78 is 1.96. The van der Waals surface area contributed by atoms with Crippen molar-refractivity contribution in [1.82, 2.24) is 20.1 Å². The van der Waals surface area contributed by atoms with Gasteiger partial charge >= 0.3 is 0 Å². The lowest BCUT2D eigenvalue weighted by Crippen LogP contribution is -2.27. The first kappa shape index (κ1) is 17.1. The van der Waals surface area contributed by atoms with Crippen LogP contribution in [0.5, 0.6) is 0 Å². The molecule has 1 aromatic carbocycles. The molecule has 1 aliphatic rings. The maximum atomic E-state index is 11.9. The van der Waals surface area contributed by atoms with Crippen LogP contribution in [0.25, 0.3) is 5.69 Å². The van der Waals surface area contributed by atoms with Crippen LogP contribution < -0.4 is 10.2 Å². The van der Waals surface area contributed by atoms with Gasteiger partial charge in [0.05, 0.1) is 16.0 Å². The quantitative estimate of drug-likeness (QED) is 0.825. The summed E-state index contributed by atoms with van der Waals surface area (Å²) in [6, 6.07) is 7.62. The van der Waals surface area contributed by atoms with E-state index in [1.165, 1.54) is 11.8 Å². The van der Waals surface area contributed by atoms with Crippen LogP contribution in [0.1, 0.15) is 19.8 Å². The molecule has 1 aromatic heterocycles. The van der Waals surface area contributed by atoms with E-state index in [0.29, 0.717) is 10.2 Å². The van der Waals surface area contributed by atoms with Crippen molar-refractivity contribution < 1.29 is 4.79 Å². The molecule has 1 atom stereocenters. The number of nitrogens with zero attached hydrogens (tertiary/aromatic N) is 4. The highest BCUT2D eigenvalue weighted by atomic mass is 35.5. The van der Waals surface area contributed by atoms with Gasteiger partial charge in [0, 0.05) is 20.1 Å². The number of thioether (sulfide) groups is 1. The number of para-hydroxylation sites is 1. The highest BCUT2D eigenvalue weighted by molar-refractivity contribution is 8.00. The van der Waals surface area contributed by atoms with E-state index in [0.717, 1.165) is 37.6 Å². The summed E-state index contributed by atoms with van der Waals surface area (Å²) in [6.07, 6.45) is 2.29. The van der Waals surface area contributed by atoms with E-state index in [2.05, 4.69) is 20.4 Å². The molecule has 0 bridgehead atoms. The zero-order valence-corrected chi connectivity index (χ0v) is 15.3. The second kappa shape index (κ2) is 7.44. The van der Waals surface area contributed by atoms with Crippen LogP contribution in [0.15, 0.2) is 29.4 Å². The predicted octanol–water partition coefficient (Wildman–Crippen LogP) is 2.75. The Balaban J connectivity index is 2.03. The molecule has 1 aliphatic heterocycles. The molecule has 6 nitrogen and oxygen atoms in total. The van der Waals surface area contributed by atoms with Gasteiger partial charge in [-0.25, -0.2) is 0 Å². The van der Waals surface area contributed by atoms with E-state index in [1.54, 1.807) is 7.05 Å². The van der Waals surface area contributed by atoms with E-state index in [1.807, 2.05) is 35.8 Å². The number of anilines is 1. The predicted molar refractivity (Wildman–Crippen MR) is 97.2 cm³/mol. The number of rotatable bonds is 5. The van der Waals surface area contributed by atoms with Gasteiger partial charge in [0.15, 0.2) is 5.16 Å². The molecule has 1 saturated heterocycles. The number of carbonyl (C=O) groups is 1. The van der Waals surface area contributed by atoms with E-state index in [9.17, 15) is 4.79 Å². The lowest BCUT2D eigenvalue weighted by atomic mass is 10.3. The van der Waals surface area contributed by atoms with Gasteiger partial charge in [-0.2, -0.15) is 0 Å². The number of hydrogen-bond acceptors (Lipinski definition) is 5. The summed E-state index contributed by atoms with van der Waals surface area (Å²) in [5.41, 5.74) is 0.831. The Hall–Kier alpha value is -1.73. The average Bonchev–Trinajstić information content (AvgIpc) is 3.24. The number of hydrogen-bond donors (Lipinski definition) is 1. The monoisotopic (exact) mass is 365 g/mol. The Morgan fingerprint density at radius 1 is 1.29 bits per heavy atom. The largest absolute Gasteiger partial charge is 0.358 e. The fourth-order valence-corrected chi connectivity index (χ4v) is 3.85. The highest BCUT2D eigenvalue weighted by Gasteiger charge is 2.25. The Bertz CT molecular complexity index is 729. The van der Waals surface area contributed by atoms with Crippen LogP contribution in [0.4, 0.5) is 5.95 Å². The molecule has 0 aliphatic carbocycles. The molecule has 1 N–H and O–H groups in total. The lowest BCUT2D eigenvalue weighted by molar-refractivity contribution is -0.119. The molecule has 0 unspecified atom stereocenters. The Kier molecular flexibility index (Phi) is 5.30. The normalized spacial score (nSPS) is 15.5. The molecule has 2 heterocycles. The zero-order chi connectivity index (χ0) is 17.1. The van der Waals surface area contributed by atoms with Crippen LogP contribution in [0.2, 0.25) is 5.02 Å². The van der Waals surface area contributed by atoms with Gasteiger partial charge in [-0.1, -0.05) is 35.5 Å². The molecular weight excluding hydrogens is 346 g/mol. The maximum Gasteiger partial charge on any atom is 0.233 e. The van der Waals surface area contributed by atoms with E-state index < -0.39 is 0 Å². The van der Waals surface area contributed by atoms with Gasteiger partial charge in [-0.3, -0.25) is 9.36 Å². The minimum Gasteiger partial charge on any atom is -0.358 e. The minimum absolute atomic E-state index is 0.0450. The number of aromatic nitrogens is 3. The summed E-state index contributed by atoms with van der Waals surface area (Å²) in [4.78, 5) is 14.1. The van der Waals surface area contributed by atoms with Crippen molar-refractivity contribution >= 4 is 35.2 Å². The molecule has 24 heavy (non-hydrogen) atoms. The summed E-state index contributed by atoms with van der Waals surface area (Å²) >= 11 is 7.79. The van der Waals surface area contributed by atoms with Crippen molar-refractivity contribution in [3.05, 3.63) is 29.3 Å². The summed E-state index contributed by atoms with van der Waals surface area (Å²) in [7, 11) is 1.63. The number of nitrogens with one attached hydrogen (secondary N) is 1. The zero-order valence-electron chi connectivity index (χ0n) is 13.7. The topological polar surface area (TPSA) is 63.1 Å². The number of amides is 1. The Morgan fingerprint density at radius 2 is 2.00 bits per heavy atom. The van der Waals surface area contributed by atoms with Crippen LogP contribution >= 0.6 is 23.4 Å². The summed E-state index contributed by atoms with van der Waals surface area (Å²) in [5.74, 6) is 0.739. The number of carbonyl (C=O) groups excluding carboxylic acids is 1. The molecule has 3 rings (SSSR count). The van der Waals surface area contributed by atoms with Crippen molar-refractivity contribution in [2.75, 3.05) is 25.0 Å². The third kappa shape index (κ3) is 3.37. The molecule has 2 aromatic rings. The average molecular weight is 366 g/mol. The van der Waals surface area contributed by atoms with Crippen molar-refractivity contribution in [2.24, 2.45) is 0 Å². The highest BCUT2D eigenvalue weighted by Crippen LogP contribution is 2.33. The molecule has 0 saturated carbocycles. The Labute approximate surface area is 150 Å². The molecule has 1 fully saturated rings. The second-order valence-corrected chi connectivity index (χ2v) is 7.35. The molecule has 8 heteroatoms. The van der Waals surface area contributed by atoms with Crippen LogP contribution in [-0.4, -0.2) is 46.1 Å². The minimum atomic E-state index is -0.271. The molecule has 128 valence electrons. The summed E-state index contributed by atoms with van der Waals surface area (Å²) in [5, 5.41) is 12.4. The third-order valence-electron chi connectivity index (χ3n) is 4.00. The van der Waals surface area contributed by atoms with Crippen LogP contribution in [0, 0.1) is 0 Å². The maximum absolute atomic E-state index is 11.9. The molecule has 0 radical (unpaired) electrons. The number of benzene rings is 1. The van der Waals surface area contributed by atoms with Gasteiger partial charge in [-0.15, -0.1) is 10.2 Å². The van der Waals surface area contributed by atoms with Gasteiger partial charge in [-0.05, 0) is 31.9 Å². The van der Waals surface area contributed by atoms with Gasteiger partial charge in [0.25, 0.3) is 0 Å². The van der Waals surface area contributed by atoms with Gasteiger partial charge in [0.1, 0.15) is 0 Å². The molecule has 1 amide bonds. The van der Waals surface area contributed by atoms with Crippen LogP contribution in [-0.2, 0) is 4.79 Å². The van der Waals surface area contributed by atoms with Gasteiger partial charge in [0.2, 0.25) is 11.9 Å². The van der Waals surface area contributed by atoms with Crippen LogP contribution in [0.3, 0.4) is 0 Å². The second-order valence-electron chi connectivity index (χ2n) is 5.64. The molecule has 0 spiro atoms. The first-order valence-electron chi connectivity index (χ1n) is 7.95. The van der Waals surface area contributed by atoms with Crippen molar-refractivity contribution in [3.63, 3.8) is 0 Å². The van der Waals surface area contributed by atoms with Crippen molar-refractivity contribution in [2.45, 2.75) is 30.2 Å². The summed E-state index contributed by atoms with van der Waals surface area (Å²) in [6.45, 7) is 3.77. The van der Waals surface area contributed by atoms with Crippen molar-refractivity contribution in [1.29, 1.82) is 0 Å². The lowest BCUT2D eigenvalue weighted by Gasteiger charge is -2.19. The Morgan fingerprint density at radius 3 is 2.67 bits per heavy atom. The van der Waals surface area contributed by atoms with E-state index in [-0.39, 0.29) is 11.2 Å². The standard InChI is InChI=1S/C16H20ClN5OS/c1-11(14(23)18-2)24-16-20-19-15(21-9-5-6-10-21)22(16)13-8-4-3-7-12(13)17/h3-4,7-8,11H,5-6,9-10H2,1-2H3,(H,18,23)/t11-/m1/s1. The van der Waals surface area contributed by atoms with Crippen molar-refractivity contribution in [3.8, 4) is 5.69 Å². The van der Waals surface area contributed by atoms with E-state index >= 15 is 0 Å². The first-order chi connectivity index (χ1) is 11.6. The first-order valence-corrected chi connectivity index (χ1v) is 9.21. The molecular formula is C16H20ClN5OS. The smallest absolute Gasteiger partial charge is 0.233 e. The fourth-order valence-electron chi connectivity index (χ4n) is 2.72. The SMILES string of the molecule is CNC(=O)[C@@H](C)Sc1nnc(N2CCCC2)n1-c1ccccc1Cl.